The van der Waals surface area contributed by atoms with E-state index >= 15 is 0 Å². The minimum absolute atomic E-state index is 0.289. The summed E-state index contributed by atoms with van der Waals surface area (Å²) in [5.41, 5.74) is 2.91. The van der Waals surface area contributed by atoms with Gasteiger partial charge in [0.05, 0.1) is 4.90 Å². The van der Waals surface area contributed by atoms with Gasteiger partial charge in [0.25, 0.3) is 0 Å². The van der Waals surface area contributed by atoms with Crippen LogP contribution >= 0.6 is 12.2 Å². The van der Waals surface area contributed by atoms with E-state index in [1.807, 2.05) is 45.0 Å². The summed E-state index contributed by atoms with van der Waals surface area (Å²) in [6.45, 7) is 11.0. The molecule has 0 saturated carbocycles. The van der Waals surface area contributed by atoms with Crippen molar-refractivity contribution >= 4 is 39.1 Å². The first-order chi connectivity index (χ1) is 15.8. The number of thiocarbonyl (C=S) groups is 1. The van der Waals surface area contributed by atoms with Crippen LogP contribution < -0.4 is 5.32 Å². The predicted molar refractivity (Wildman–Crippen MR) is 141 cm³/mol. The monoisotopic (exact) mass is 486 g/mol. The zero-order chi connectivity index (χ0) is 23.8. The van der Waals surface area contributed by atoms with Crippen molar-refractivity contribution < 1.29 is 8.42 Å². The molecule has 178 valence electrons. The number of piperazine rings is 1. The number of hydrogen-bond donors (Lipinski definition) is 1. The third kappa shape index (κ3) is 6.63. The topological polar surface area (TPSA) is 55.9 Å². The van der Waals surface area contributed by atoms with Gasteiger partial charge in [-0.05, 0) is 42.4 Å². The van der Waals surface area contributed by atoms with Gasteiger partial charge in [-0.2, -0.15) is 4.31 Å². The molecule has 2 aromatic rings. The van der Waals surface area contributed by atoms with Crippen LogP contribution in [0.4, 0.5) is 5.69 Å². The van der Waals surface area contributed by atoms with Gasteiger partial charge in [0, 0.05) is 51.5 Å². The van der Waals surface area contributed by atoms with Crippen molar-refractivity contribution in [2.24, 2.45) is 0 Å². The van der Waals surface area contributed by atoms with Crippen LogP contribution in [0.5, 0.6) is 0 Å². The van der Waals surface area contributed by atoms with E-state index in [4.69, 9.17) is 12.2 Å². The molecule has 1 aliphatic rings. The summed E-state index contributed by atoms with van der Waals surface area (Å²) >= 11 is 5.66. The first kappa shape index (κ1) is 25.4. The smallest absolute Gasteiger partial charge is 0.243 e. The van der Waals surface area contributed by atoms with Gasteiger partial charge < -0.3 is 10.2 Å². The van der Waals surface area contributed by atoms with Crippen LogP contribution in [0.25, 0.3) is 6.08 Å². The van der Waals surface area contributed by atoms with Gasteiger partial charge in [-0.1, -0.05) is 62.4 Å². The summed E-state index contributed by atoms with van der Waals surface area (Å²) in [6, 6.07) is 15.5. The number of aryl methyl sites for hydroxylation is 1. The molecule has 0 unspecified atom stereocenters. The molecule has 1 saturated heterocycles. The fraction of sp³-hybridized carbons (Fsp3) is 0.400. The lowest BCUT2D eigenvalue weighted by Crippen LogP contribution is -2.49. The van der Waals surface area contributed by atoms with Gasteiger partial charge in [0.15, 0.2) is 5.11 Å². The van der Waals surface area contributed by atoms with Gasteiger partial charge in [-0.25, -0.2) is 8.42 Å². The lowest BCUT2D eigenvalue weighted by atomic mass is 10.2. The highest BCUT2D eigenvalue weighted by Gasteiger charge is 2.23. The summed E-state index contributed by atoms with van der Waals surface area (Å²) in [6.07, 6.45) is 4.35. The second kappa shape index (κ2) is 11.7. The van der Waals surface area contributed by atoms with Crippen LogP contribution in [0, 0.1) is 6.92 Å². The highest BCUT2D eigenvalue weighted by atomic mass is 32.2. The maximum absolute atomic E-state index is 12.9. The SMILES string of the molecule is CCN(CC)S(=O)(=O)c1ccc(C)c(NC(=S)N2CCN(CC=Cc3ccccc3)CC2)c1. The molecule has 33 heavy (non-hydrogen) atoms. The van der Waals surface area contributed by atoms with E-state index in [2.05, 4.69) is 39.4 Å². The van der Waals surface area contributed by atoms with Crippen molar-refractivity contribution in [3.63, 3.8) is 0 Å². The Kier molecular flexibility index (Phi) is 9.02. The quantitative estimate of drug-likeness (QED) is 0.568. The minimum Gasteiger partial charge on any atom is -0.346 e. The maximum atomic E-state index is 12.9. The van der Waals surface area contributed by atoms with Gasteiger partial charge in [-0.3, -0.25) is 4.90 Å². The Bertz CT molecular complexity index is 1060. The van der Waals surface area contributed by atoms with E-state index in [-0.39, 0.29) is 4.90 Å². The van der Waals surface area contributed by atoms with Crippen molar-refractivity contribution in [3.8, 4) is 0 Å². The zero-order valence-electron chi connectivity index (χ0n) is 19.7. The summed E-state index contributed by atoms with van der Waals surface area (Å²) in [4.78, 5) is 4.84. The van der Waals surface area contributed by atoms with E-state index in [1.54, 1.807) is 12.1 Å². The Morgan fingerprint density at radius 2 is 1.73 bits per heavy atom. The van der Waals surface area contributed by atoms with Crippen LogP contribution in [0.2, 0.25) is 0 Å². The van der Waals surface area contributed by atoms with Crippen LogP contribution in [0.1, 0.15) is 25.0 Å². The Morgan fingerprint density at radius 1 is 1.06 bits per heavy atom. The molecule has 0 radical (unpaired) electrons. The van der Waals surface area contributed by atoms with Gasteiger partial charge in [-0.15, -0.1) is 0 Å². The lowest BCUT2D eigenvalue weighted by Gasteiger charge is -2.36. The average Bonchev–Trinajstić information content (AvgIpc) is 2.82. The predicted octanol–water partition coefficient (Wildman–Crippen LogP) is 4.05. The molecule has 0 atom stereocenters. The van der Waals surface area contributed by atoms with Crippen molar-refractivity contribution in [2.45, 2.75) is 25.7 Å². The second-order valence-corrected chi connectivity index (χ2v) is 10.4. The zero-order valence-corrected chi connectivity index (χ0v) is 21.3. The maximum Gasteiger partial charge on any atom is 0.243 e. The molecule has 3 rings (SSSR count). The van der Waals surface area contributed by atoms with Gasteiger partial charge in [0.2, 0.25) is 10.0 Å². The molecule has 6 nitrogen and oxygen atoms in total. The number of benzene rings is 2. The number of anilines is 1. The summed E-state index contributed by atoms with van der Waals surface area (Å²) in [5, 5.41) is 3.92. The molecule has 0 bridgehead atoms. The second-order valence-electron chi connectivity index (χ2n) is 8.10. The molecule has 2 aromatic carbocycles. The highest BCUT2D eigenvalue weighted by Crippen LogP contribution is 2.23. The Balaban J connectivity index is 1.57. The van der Waals surface area contributed by atoms with Crippen molar-refractivity contribution in [2.75, 3.05) is 51.1 Å². The molecule has 0 spiro atoms. The normalized spacial score (nSPS) is 15.3. The van der Waals surface area contributed by atoms with Crippen LogP contribution in [-0.4, -0.2) is 73.4 Å². The molecular formula is C25H34N4O2S2. The van der Waals surface area contributed by atoms with E-state index in [0.717, 1.165) is 44.0 Å². The molecular weight excluding hydrogens is 452 g/mol. The lowest BCUT2D eigenvalue weighted by molar-refractivity contribution is 0.200. The highest BCUT2D eigenvalue weighted by molar-refractivity contribution is 7.89. The van der Waals surface area contributed by atoms with Crippen LogP contribution in [-0.2, 0) is 10.0 Å². The molecule has 1 N–H and O–H groups in total. The van der Waals surface area contributed by atoms with Gasteiger partial charge in [0.1, 0.15) is 0 Å². The summed E-state index contributed by atoms with van der Waals surface area (Å²) in [5.74, 6) is 0. The van der Waals surface area contributed by atoms with E-state index in [0.29, 0.717) is 18.2 Å². The molecule has 8 heteroatoms. The van der Waals surface area contributed by atoms with E-state index in [9.17, 15) is 8.42 Å². The molecule has 1 aliphatic heterocycles. The average molecular weight is 487 g/mol. The Morgan fingerprint density at radius 3 is 2.36 bits per heavy atom. The number of hydrogen-bond acceptors (Lipinski definition) is 4. The number of rotatable bonds is 8. The van der Waals surface area contributed by atoms with E-state index in [1.165, 1.54) is 9.87 Å². The largest absolute Gasteiger partial charge is 0.346 e. The van der Waals surface area contributed by atoms with Gasteiger partial charge >= 0.3 is 0 Å². The number of nitrogens with one attached hydrogen (secondary N) is 1. The van der Waals surface area contributed by atoms with E-state index < -0.39 is 10.0 Å². The molecule has 1 heterocycles. The first-order valence-electron chi connectivity index (χ1n) is 11.5. The third-order valence-corrected chi connectivity index (χ3v) is 8.33. The fourth-order valence-electron chi connectivity index (χ4n) is 3.84. The van der Waals surface area contributed by atoms with Crippen LogP contribution in [0.15, 0.2) is 59.5 Å². The molecule has 0 aliphatic carbocycles. The van der Waals surface area contributed by atoms with Crippen molar-refractivity contribution in [1.29, 1.82) is 0 Å². The third-order valence-electron chi connectivity index (χ3n) is 5.93. The first-order valence-corrected chi connectivity index (χ1v) is 13.3. The minimum atomic E-state index is -3.51. The Labute approximate surface area is 203 Å². The molecule has 0 amide bonds. The summed E-state index contributed by atoms with van der Waals surface area (Å²) < 4.78 is 27.3. The standard InChI is InChI=1S/C25H34N4O2S2/c1-4-29(5-2)33(30,31)23-14-13-21(3)24(20-23)26-25(32)28-18-16-27(17-19-28)15-9-12-22-10-7-6-8-11-22/h6-14,20H,4-5,15-19H2,1-3H3,(H,26,32). The van der Waals surface area contributed by atoms with Crippen molar-refractivity contribution in [1.82, 2.24) is 14.1 Å². The molecule has 0 aromatic heterocycles. The fourth-order valence-corrected chi connectivity index (χ4v) is 5.62. The number of nitrogens with zero attached hydrogens (tertiary/aromatic N) is 3. The Hall–Kier alpha value is -2.26. The van der Waals surface area contributed by atoms with Crippen LogP contribution in [0.3, 0.4) is 0 Å². The summed E-state index contributed by atoms with van der Waals surface area (Å²) in [7, 11) is -3.51. The number of sulfonamides is 1. The molecule has 1 fully saturated rings. The van der Waals surface area contributed by atoms with Crippen molar-refractivity contribution in [3.05, 3.63) is 65.7 Å².